The van der Waals surface area contributed by atoms with Crippen molar-refractivity contribution < 1.29 is 9.90 Å². The Morgan fingerprint density at radius 3 is 2.64 bits per heavy atom. The van der Waals surface area contributed by atoms with E-state index < -0.39 is 0 Å². The van der Waals surface area contributed by atoms with Crippen molar-refractivity contribution >= 4 is 22.4 Å². The van der Waals surface area contributed by atoms with Crippen molar-refractivity contribution in [1.29, 1.82) is 0 Å². The molecule has 1 heterocycles. The Labute approximate surface area is 130 Å². The monoisotopic (exact) mass is 298 g/mol. The summed E-state index contributed by atoms with van der Waals surface area (Å²) < 4.78 is 0. The molecule has 116 valence electrons. The Morgan fingerprint density at radius 1 is 1.18 bits per heavy atom. The third-order valence-corrected chi connectivity index (χ3v) is 4.47. The van der Waals surface area contributed by atoms with Gasteiger partial charge in [-0.2, -0.15) is 0 Å². The van der Waals surface area contributed by atoms with Crippen molar-refractivity contribution in [3.63, 3.8) is 0 Å². The molecule has 2 N–H and O–H groups in total. The molecule has 1 amide bonds. The predicted octanol–water partition coefficient (Wildman–Crippen LogP) is 2.62. The number of amides is 1. The minimum absolute atomic E-state index is 0.00717. The molecule has 1 unspecified atom stereocenters. The number of nitrogens with one attached hydrogen (secondary N) is 1. The van der Waals surface area contributed by atoms with Gasteiger partial charge < -0.3 is 10.4 Å². The highest BCUT2D eigenvalue weighted by Crippen LogP contribution is 2.23. The molecule has 0 bridgehead atoms. The molecule has 1 saturated heterocycles. The third-order valence-electron chi connectivity index (χ3n) is 4.47. The van der Waals surface area contributed by atoms with Crippen LogP contribution < -0.4 is 5.32 Å². The van der Waals surface area contributed by atoms with Gasteiger partial charge in [-0.05, 0) is 31.2 Å². The summed E-state index contributed by atoms with van der Waals surface area (Å²) in [6.45, 7) is 3.47. The van der Waals surface area contributed by atoms with Crippen LogP contribution in [0.2, 0.25) is 0 Å². The highest BCUT2D eigenvalue weighted by atomic mass is 16.3. The molecule has 4 heteroatoms. The minimum atomic E-state index is -0.218. The second-order valence-corrected chi connectivity index (χ2v) is 5.96. The molecule has 1 aliphatic heterocycles. The molecule has 22 heavy (non-hydrogen) atoms. The molecule has 0 spiro atoms. The van der Waals surface area contributed by atoms with E-state index in [9.17, 15) is 9.90 Å². The van der Waals surface area contributed by atoms with Gasteiger partial charge in [-0.3, -0.25) is 9.69 Å². The smallest absolute Gasteiger partial charge is 0.241 e. The van der Waals surface area contributed by atoms with E-state index in [-0.39, 0.29) is 18.1 Å². The van der Waals surface area contributed by atoms with Crippen molar-refractivity contribution in [2.45, 2.75) is 31.9 Å². The van der Waals surface area contributed by atoms with Gasteiger partial charge in [0.1, 0.15) is 0 Å². The highest BCUT2D eigenvalue weighted by molar-refractivity contribution is 6.03. The molecule has 1 fully saturated rings. The van der Waals surface area contributed by atoms with Gasteiger partial charge in [-0.25, -0.2) is 0 Å². The third kappa shape index (κ3) is 3.13. The Morgan fingerprint density at radius 2 is 1.86 bits per heavy atom. The van der Waals surface area contributed by atoms with Gasteiger partial charge in [0, 0.05) is 24.2 Å². The number of hydrogen-bond acceptors (Lipinski definition) is 3. The van der Waals surface area contributed by atoms with Gasteiger partial charge in [0.2, 0.25) is 5.91 Å². The average Bonchev–Trinajstić information content (AvgIpc) is 2.55. The van der Waals surface area contributed by atoms with E-state index in [0.29, 0.717) is 0 Å². The van der Waals surface area contributed by atoms with Crippen LogP contribution in [-0.4, -0.2) is 41.1 Å². The van der Waals surface area contributed by atoms with Crippen molar-refractivity contribution in [2.75, 3.05) is 18.4 Å². The van der Waals surface area contributed by atoms with E-state index in [1.54, 1.807) is 0 Å². The largest absolute Gasteiger partial charge is 0.393 e. The molecule has 2 aromatic rings. The molecular formula is C18H22N2O2. The molecule has 1 aliphatic rings. The number of carbonyl (C=O) groups is 1. The second kappa shape index (κ2) is 6.46. The first-order chi connectivity index (χ1) is 10.6. The molecule has 4 nitrogen and oxygen atoms in total. The number of hydrogen-bond donors (Lipinski definition) is 2. The number of carbonyl (C=O) groups excluding carboxylic acids is 1. The van der Waals surface area contributed by atoms with Crippen LogP contribution in [-0.2, 0) is 4.79 Å². The standard InChI is InChI=1S/C18H22N2O2/c1-13(20-11-9-15(21)10-12-20)18(22)19-17-8-4-6-14-5-2-3-7-16(14)17/h2-8,13,15,21H,9-12H2,1H3,(H,19,22). The lowest BCUT2D eigenvalue weighted by Crippen LogP contribution is -2.47. The van der Waals surface area contributed by atoms with Crippen molar-refractivity contribution in [2.24, 2.45) is 0 Å². The topological polar surface area (TPSA) is 52.6 Å². The molecule has 0 aromatic heterocycles. The predicted molar refractivity (Wildman–Crippen MR) is 88.9 cm³/mol. The summed E-state index contributed by atoms with van der Waals surface area (Å²) in [6.07, 6.45) is 1.27. The average molecular weight is 298 g/mol. The van der Waals surface area contributed by atoms with Gasteiger partial charge >= 0.3 is 0 Å². The molecule has 3 rings (SSSR count). The molecule has 0 aliphatic carbocycles. The van der Waals surface area contributed by atoms with Crippen LogP contribution in [0.15, 0.2) is 42.5 Å². The molecule has 2 aromatic carbocycles. The fourth-order valence-electron chi connectivity index (χ4n) is 3.01. The summed E-state index contributed by atoms with van der Waals surface area (Å²) in [6, 6.07) is 13.8. The van der Waals surface area contributed by atoms with Crippen LogP contribution in [0.3, 0.4) is 0 Å². The number of piperidine rings is 1. The van der Waals surface area contributed by atoms with E-state index in [2.05, 4.69) is 10.2 Å². The first-order valence-electron chi connectivity index (χ1n) is 7.86. The van der Waals surface area contributed by atoms with E-state index in [4.69, 9.17) is 0 Å². The van der Waals surface area contributed by atoms with Crippen molar-refractivity contribution in [1.82, 2.24) is 4.90 Å². The number of benzene rings is 2. The number of anilines is 1. The number of nitrogens with zero attached hydrogens (tertiary/aromatic N) is 1. The van der Waals surface area contributed by atoms with E-state index in [1.807, 2.05) is 49.4 Å². The molecule has 0 radical (unpaired) electrons. The summed E-state index contributed by atoms with van der Waals surface area (Å²) in [4.78, 5) is 14.7. The SMILES string of the molecule is CC(C(=O)Nc1cccc2ccccc12)N1CCC(O)CC1. The zero-order chi connectivity index (χ0) is 15.5. The van der Waals surface area contributed by atoms with Crippen LogP contribution in [0.1, 0.15) is 19.8 Å². The first-order valence-corrected chi connectivity index (χ1v) is 7.86. The Kier molecular flexibility index (Phi) is 4.41. The Bertz CT molecular complexity index is 658. The Balaban J connectivity index is 1.73. The minimum Gasteiger partial charge on any atom is -0.393 e. The summed E-state index contributed by atoms with van der Waals surface area (Å²) in [5.74, 6) is 0.00717. The van der Waals surface area contributed by atoms with Crippen LogP contribution in [0.25, 0.3) is 10.8 Å². The molecule has 0 saturated carbocycles. The van der Waals surface area contributed by atoms with E-state index >= 15 is 0 Å². The molecule has 1 atom stereocenters. The number of aliphatic hydroxyl groups is 1. The Hall–Kier alpha value is -1.91. The number of fused-ring (bicyclic) bond motifs is 1. The van der Waals surface area contributed by atoms with Crippen LogP contribution in [0, 0.1) is 0 Å². The van der Waals surface area contributed by atoms with Crippen molar-refractivity contribution in [3.05, 3.63) is 42.5 Å². The van der Waals surface area contributed by atoms with Crippen LogP contribution in [0.4, 0.5) is 5.69 Å². The van der Waals surface area contributed by atoms with Gasteiger partial charge in [0.25, 0.3) is 0 Å². The summed E-state index contributed by atoms with van der Waals surface area (Å²) in [7, 11) is 0. The number of aliphatic hydroxyl groups excluding tert-OH is 1. The zero-order valence-electron chi connectivity index (χ0n) is 12.8. The van der Waals surface area contributed by atoms with Gasteiger partial charge in [-0.15, -0.1) is 0 Å². The lowest BCUT2D eigenvalue weighted by Gasteiger charge is -2.33. The quantitative estimate of drug-likeness (QED) is 0.916. The maximum Gasteiger partial charge on any atom is 0.241 e. The lowest BCUT2D eigenvalue weighted by atomic mass is 10.1. The normalized spacial score (nSPS) is 18.3. The number of rotatable bonds is 3. The van der Waals surface area contributed by atoms with E-state index in [1.165, 1.54) is 0 Å². The maximum atomic E-state index is 12.5. The fourth-order valence-corrected chi connectivity index (χ4v) is 3.01. The van der Waals surface area contributed by atoms with E-state index in [0.717, 1.165) is 42.4 Å². The van der Waals surface area contributed by atoms with Gasteiger partial charge in [0.15, 0.2) is 0 Å². The highest BCUT2D eigenvalue weighted by Gasteiger charge is 2.25. The second-order valence-electron chi connectivity index (χ2n) is 5.96. The van der Waals surface area contributed by atoms with Crippen LogP contribution in [0.5, 0.6) is 0 Å². The van der Waals surface area contributed by atoms with Crippen molar-refractivity contribution in [3.8, 4) is 0 Å². The molecular weight excluding hydrogens is 276 g/mol. The van der Waals surface area contributed by atoms with Crippen LogP contribution >= 0.6 is 0 Å². The van der Waals surface area contributed by atoms with Gasteiger partial charge in [0.05, 0.1) is 12.1 Å². The summed E-state index contributed by atoms with van der Waals surface area (Å²) in [5.41, 5.74) is 0.854. The van der Waals surface area contributed by atoms with Gasteiger partial charge in [-0.1, -0.05) is 36.4 Å². The fraction of sp³-hybridized carbons (Fsp3) is 0.389. The number of likely N-dealkylation sites (tertiary alicyclic amines) is 1. The summed E-state index contributed by atoms with van der Waals surface area (Å²) >= 11 is 0. The lowest BCUT2D eigenvalue weighted by molar-refractivity contribution is -0.121. The first kappa shape index (κ1) is 15.0. The summed E-state index contributed by atoms with van der Waals surface area (Å²) in [5, 5.41) is 14.8. The zero-order valence-corrected chi connectivity index (χ0v) is 12.8. The maximum absolute atomic E-state index is 12.5.